The number of nitrogens with two attached hydrogens (primary N) is 1. The zero-order valence-corrected chi connectivity index (χ0v) is 11.8. The van der Waals surface area contributed by atoms with E-state index < -0.39 is 0 Å². The van der Waals surface area contributed by atoms with Gasteiger partial charge in [0.1, 0.15) is 0 Å². The minimum absolute atomic E-state index is 0.132. The molecule has 4 nitrogen and oxygen atoms in total. The van der Waals surface area contributed by atoms with E-state index in [1.54, 1.807) is 6.20 Å². The van der Waals surface area contributed by atoms with Crippen LogP contribution in [0.5, 0.6) is 0 Å². The van der Waals surface area contributed by atoms with E-state index in [4.69, 9.17) is 5.73 Å². The Hall–Kier alpha value is -1.16. The topological polar surface area (TPSA) is 60.9 Å². The lowest BCUT2D eigenvalue weighted by molar-refractivity contribution is 0.0947. The number of hydrogen-bond acceptors (Lipinski definition) is 3. The molecule has 0 saturated carbocycles. The van der Waals surface area contributed by atoms with E-state index in [-0.39, 0.29) is 11.2 Å². The van der Waals surface area contributed by atoms with Gasteiger partial charge >= 0.3 is 0 Å². The van der Waals surface area contributed by atoms with Gasteiger partial charge in [-0.2, -0.15) is 0 Å². The highest BCUT2D eigenvalue weighted by Crippen LogP contribution is 2.26. The molecule has 0 unspecified atom stereocenters. The highest BCUT2D eigenvalue weighted by molar-refractivity contribution is 5.92. The number of aromatic nitrogens is 2. The Morgan fingerprint density at radius 1 is 1.44 bits per heavy atom. The summed E-state index contributed by atoms with van der Waals surface area (Å²) in [5, 5.41) is 0. The van der Waals surface area contributed by atoms with Crippen molar-refractivity contribution >= 4 is 5.78 Å². The standard InChI is InChI=1S/C14H25N3O/c1-4-10-17-11-9-16-13(17)12(18)5-6-14(2,3)7-8-15/h9,11H,4-8,10,15H2,1-3H3. The molecule has 0 aliphatic rings. The van der Waals surface area contributed by atoms with E-state index >= 15 is 0 Å². The third kappa shape index (κ3) is 4.26. The number of hydrogen-bond donors (Lipinski definition) is 1. The Bertz CT molecular complexity index is 382. The molecule has 4 heteroatoms. The summed E-state index contributed by atoms with van der Waals surface area (Å²) in [7, 11) is 0. The highest BCUT2D eigenvalue weighted by atomic mass is 16.1. The van der Waals surface area contributed by atoms with Crippen LogP contribution in [0.15, 0.2) is 12.4 Å². The summed E-state index contributed by atoms with van der Waals surface area (Å²) in [6, 6.07) is 0. The molecule has 102 valence electrons. The number of aryl methyl sites for hydroxylation is 1. The average molecular weight is 251 g/mol. The fraction of sp³-hybridized carbons (Fsp3) is 0.714. The zero-order chi connectivity index (χ0) is 13.6. The van der Waals surface area contributed by atoms with Crippen molar-refractivity contribution in [2.45, 2.75) is 53.0 Å². The van der Waals surface area contributed by atoms with E-state index in [0.717, 1.165) is 25.8 Å². The van der Waals surface area contributed by atoms with E-state index in [0.29, 0.717) is 18.8 Å². The van der Waals surface area contributed by atoms with Gasteiger partial charge in [-0.1, -0.05) is 20.8 Å². The van der Waals surface area contributed by atoms with E-state index in [9.17, 15) is 4.79 Å². The monoisotopic (exact) mass is 251 g/mol. The molecule has 0 bridgehead atoms. The number of Topliss-reactive ketones (excluding diaryl/α,β-unsaturated/α-hetero) is 1. The van der Waals surface area contributed by atoms with Gasteiger partial charge in [-0.15, -0.1) is 0 Å². The summed E-state index contributed by atoms with van der Waals surface area (Å²) in [4.78, 5) is 16.3. The molecule has 0 saturated heterocycles. The van der Waals surface area contributed by atoms with Gasteiger partial charge in [-0.05, 0) is 31.2 Å². The van der Waals surface area contributed by atoms with Crippen LogP contribution in [0.4, 0.5) is 0 Å². The van der Waals surface area contributed by atoms with Crippen LogP contribution in [0.2, 0.25) is 0 Å². The predicted octanol–water partition coefficient (Wildman–Crippen LogP) is 2.63. The van der Waals surface area contributed by atoms with E-state index in [2.05, 4.69) is 25.8 Å². The van der Waals surface area contributed by atoms with Crippen LogP contribution < -0.4 is 5.73 Å². The van der Waals surface area contributed by atoms with Crippen LogP contribution in [0.3, 0.4) is 0 Å². The van der Waals surface area contributed by atoms with Crippen LogP contribution in [-0.4, -0.2) is 21.9 Å². The number of rotatable bonds is 8. The molecule has 18 heavy (non-hydrogen) atoms. The van der Waals surface area contributed by atoms with Crippen molar-refractivity contribution in [2.75, 3.05) is 6.54 Å². The number of carbonyl (C=O) groups is 1. The van der Waals surface area contributed by atoms with E-state index in [1.165, 1.54) is 0 Å². The molecule has 0 spiro atoms. The second-order valence-corrected chi connectivity index (χ2v) is 5.57. The van der Waals surface area contributed by atoms with Gasteiger partial charge in [-0.3, -0.25) is 4.79 Å². The van der Waals surface area contributed by atoms with Gasteiger partial charge < -0.3 is 10.3 Å². The van der Waals surface area contributed by atoms with Crippen LogP contribution in [0.25, 0.3) is 0 Å². The van der Waals surface area contributed by atoms with Crippen molar-refractivity contribution in [3.05, 3.63) is 18.2 Å². The summed E-state index contributed by atoms with van der Waals surface area (Å²) in [6.07, 6.45) is 6.95. The fourth-order valence-corrected chi connectivity index (χ4v) is 2.06. The van der Waals surface area contributed by atoms with Crippen LogP contribution in [0.1, 0.15) is 57.1 Å². The lowest BCUT2D eigenvalue weighted by Crippen LogP contribution is -2.19. The van der Waals surface area contributed by atoms with Gasteiger partial charge in [0, 0.05) is 25.4 Å². The smallest absolute Gasteiger partial charge is 0.198 e. The summed E-state index contributed by atoms with van der Waals surface area (Å²) >= 11 is 0. The lowest BCUT2D eigenvalue weighted by atomic mass is 9.84. The Balaban J connectivity index is 2.57. The first-order valence-corrected chi connectivity index (χ1v) is 6.74. The molecular formula is C14H25N3O. The van der Waals surface area contributed by atoms with E-state index in [1.807, 2.05) is 10.8 Å². The van der Waals surface area contributed by atoms with Crippen molar-refractivity contribution in [3.63, 3.8) is 0 Å². The molecule has 0 fully saturated rings. The van der Waals surface area contributed by atoms with Gasteiger partial charge in [-0.25, -0.2) is 4.98 Å². The van der Waals surface area contributed by atoms with Crippen molar-refractivity contribution in [1.82, 2.24) is 9.55 Å². The molecule has 1 aromatic heterocycles. The van der Waals surface area contributed by atoms with Crippen molar-refractivity contribution in [2.24, 2.45) is 11.1 Å². The first kappa shape index (κ1) is 14.9. The molecular weight excluding hydrogens is 226 g/mol. The predicted molar refractivity (Wildman–Crippen MR) is 73.5 cm³/mol. The van der Waals surface area contributed by atoms with Crippen LogP contribution >= 0.6 is 0 Å². The number of ketones is 1. The summed E-state index contributed by atoms with van der Waals surface area (Å²) < 4.78 is 1.94. The molecule has 0 radical (unpaired) electrons. The Morgan fingerprint density at radius 2 is 2.17 bits per heavy atom. The normalized spacial score (nSPS) is 11.8. The first-order valence-electron chi connectivity index (χ1n) is 6.74. The largest absolute Gasteiger partial charge is 0.330 e. The third-order valence-electron chi connectivity index (χ3n) is 3.28. The maximum Gasteiger partial charge on any atom is 0.198 e. The molecule has 0 aliphatic heterocycles. The average Bonchev–Trinajstić information content (AvgIpc) is 2.75. The summed E-state index contributed by atoms with van der Waals surface area (Å²) in [5.74, 6) is 0.735. The molecule has 1 rings (SSSR count). The lowest BCUT2D eigenvalue weighted by Gasteiger charge is -2.23. The molecule has 2 N–H and O–H groups in total. The maximum absolute atomic E-state index is 12.1. The fourth-order valence-electron chi connectivity index (χ4n) is 2.06. The maximum atomic E-state index is 12.1. The van der Waals surface area contributed by atoms with Gasteiger partial charge in [0.15, 0.2) is 11.6 Å². The second kappa shape index (κ2) is 6.69. The second-order valence-electron chi connectivity index (χ2n) is 5.57. The Morgan fingerprint density at radius 3 is 2.78 bits per heavy atom. The van der Waals surface area contributed by atoms with Gasteiger partial charge in [0.05, 0.1) is 0 Å². The Kier molecular flexibility index (Phi) is 5.54. The summed E-state index contributed by atoms with van der Waals surface area (Å²) in [5.41, 5.74) is 5.71. The molecule has 0 amide bonds. The van der Waals surface area contributed by atoms with Gasteiger partial charge in [0.25, 0.3) is 0 Å². The van der Waals surface area contributed by atoms with Crippen LogP contribution in [-0.2, 0) is 6.54 Å². The highest BCUT2D eigenvalue weighted by Gasteiger charge is 2.20. The molecule has 1 aromatic rings. The number of imidazole rings is 1. The zero-order valence-electron chi connectivity index (χ0n) is 11.8. The third-order valence-corrected chi connectivity index (χ3v) is 3.28. The SMILES string of the molecule is CCCn1ccnc1C(=O)CCC(C)(C)CCN. The quantitative estimate of drug-likeness (QED) is 0.722. The first-order chi connectivity index (χ1) is 8.50. The minimum Gasteiger partial charge on any atom is -0.330 e. The Labute approximate surface area is 110 Å². The molecule has 1 heterocycles. The number of carbonyl (C=O) groups excluding carboxylic acids is 1. The molecule has 0 aliphatic carbocycles. The molecule has 0 atom stereocenters. The molecule has 0 aromatic carbocycles. The minimum atomic E-state index is 0.132. The van der Waals surface area contributed by atoms with Crippen molar-refractivity contribution in [1.29, 1.82) is 0 Å². The van der Waals surface area contributed by atoms with Gasteiger partial charge in [0.2, 0.25) is 0 Å². The van der Waals surface area contributed by atoms with Crippen molar-refractivity contribution < 1.29 is 4.79 Å². The summed E-state index contributed by atoms with van der Waals surface area (Å²) in [6.45, 7) is 7.94. The number of nitrogens with zero attached hydrogens (tertiary/aromatic N) is 2. The van der Waals surface area contributed by atoms with Crippen LogP contribution in [0, 0.1) is 5.41 Å². The van der Waals surface area contributed by atoms with Crippen molar-refractivity contribution in [3.8, 4) is 0 Å².